The molecule has 0 bridgehead atoms. The molecule has 3 rings (SSSR count). The van der Waals surface area contributed by atoms with Crippen molar-refractivity contribution in [3.8, 4) is 0 Å². The Morgan fingerprint density at radius 3 is 0.845 bits per heavy atom. The van der Waals surface area contributed by atoms with Crippen molar-refractivity contribution in [2.24, 2.45) is 0 Å². The number of aryl methyl sites for hydroxylation is 2. The molecule has 1 aliphatic rings. The predicted octanol–water partition coefficient (Wildman–Crippen LogP) is 19.3. The maximum absolute atomic E-state index is 12.1. The lowest BCUT2D eigenvalue weighted by Crippen LogP contribution is -2.03. The van der Waals surface area contributed by atoms with Gasteiger partial charge in [-0.2, -0.15) is 0 Å². The largest absolute Gasteiger partial charge is 0.493 e. The third-order valence-electron chi connectivity index (χ3n) is 13.0. The van der Waals surface area contributed by atoms with Crippen LogP contribution in [0.25, 0.3) is 16.9 Å². The lowest BCUT2D eigenvalue weighted by molar-refractivity contribution is -0.345. The Morgan fingerprint density at radius 1 is 0.293 bits per heavy atom. The van der Waals surface area contributed by atoms with Crippen molar-refractivity contribution in [2.45, 2.75) is 259 Å². The molecule has 0 saturated carbocycles. The van der Waals surface area contributed by atoms with Gasteiger partial charge in [0, 0.05) is 22.3 Å². The quantitative estimate of drug-likeness (QED) is 0.0478. The maximum atomic E-state index is 12.1. The summed E-state index contributed by atoms with van der Waals surface area (Å²) in [6.45, 7) is 9.15. The van der Waals surface area contributed by atoms with Gasteiger partial charge in [-0.05, 0) is 86.8 Å². The van der Waals surface area contributed by atoms with Gasteiger partial charge in [0.15, 0.2) is 0 Å². The van der Waals surface area contributed by atoms with E-state index in [0.717, 1.165) is 61.0 Å². The first-order valence-corrected chi connectivity index (χ1v) is 25.8. The van der Waals surface area contributed by atoms with E-state index in [1.165, 1.54) is 215 Å². The Hall–Kier alpha value is -2.48. The highest BCUT2D eigenvalue weighted by Gasteiger charge is 2.35. The molecule has 0 radical (unpaired) electrons. The maximum Gasteiger partial charge on any atom is 0.211 e. The number of hydrogen-bond acceptors (Lipinski definition) is 0. The molecule has 0 aromatic heterocycles. The Kier molecular flexibility index (Phi) is 28.6. The number of rotatable bonds is 38. The van der Waals surface area contributed by atoms with Crippen LogP contribution >= 0.6 is 0 Å². The SMILES string of the molecule is CCCCCCCCCCCCCCCCCCCCCCCCCCC1=C(c2ccc(CCCCC)cc2)[N+](=[N-])C(c2ccc(CCCCC)cc2)=C1CCCC. The average molecular weight is 793 g/mol. The van der Waals surface area contributed by atoms with E-state index in [9.17, 15) is 5.53 Å². The molecule has 0 atom stereocenters. The van der Waals surface area contributed by atoms with Crippen molar-refractivity contribution in [3.63, 3.8) is 0 Å². The molecule has 0 unspecified atom stereocenters. The number of nitrogens with zero attached hydrogens (tertiary/aromatic N) is 2. The molecule has 0 N–H and O–H groups in total. The summed E-state index contributed by atoms with van der Waals surface area (Å²) in [5.41, 5.74) is 22.0. The van der Waals surface area contributed by atoms with Crippen LogP contribution in [-0.2, 0) is 12.8 Å². The zero-order chi connectivity index (χ0) is 41.3. The first-order valence-electron chi connectivity index (χ1n) is 25.8. The van der Waals surface area contributed by atoms with E-state index in [-0.39, 0.29) is 0 Å². The van der Waals surface area contributed by atoms with Gasteiger partial charge in [0.2, 0.25) is 11.4 Å². The lowest BCUT2D eigenvalue weighted by Gasteiger charge is -2.11. The van der Waals surface area contributed by atoms with Crippen molar-refractivity contribution in [1.29, 1.82) is 0 Å². The summed E-state index contributed by atoms with van der Waals surface area (Å²) >= 11 is 0. The smallest absolute Gasteiger partial charge is 0.211 e. The van der Waals surface area contributed by atoms with Crippen LogP contribution in [0.15, 0.2) is 59.7 Å². The van der Waals surface area contributed by atoms with Crippen LogP contribution in [0.4, 0.5) is 0 Å². The van der Waals surface area contributed by atoms with Gasteiger partial charge in [0.05, 0.1) is 0 Å². The number of benzene rings is 2. The summed E-state index contributed by atoms with van der Waals surface area (Å²) in [6, 6.07) is 18.3. The van der Waals surface area contributed by atoms with Crippen LogP contribution in [0.3, 0.4) is 0 Å². The second-order valence-electron chi connectivity index (χ2n) is 18.3. The number of allylic oxidation sites excluding steroid dienone is 2. The Balaban J connectivity index is 1.41. The molecule has 1 heterocycles. The van der Waals surface area contributed by atoms with Crippen LogP contribution in [-0.4, -0.2) is 4.70 Å². The minimum absolute atomic E-state index is 1.02. The third-order valence-corrected chi connectivity index (χ3v) is 13.0. The molecular formula is C56H92N2. The van der Waals surface area contributed by atoms with Gasteiger partial charge in [-0.25, -0.2) is 4.70 Å². The molecule has 2 heteroatoms. The molecule has 326 valence electrons. The Morgan fingerprint density at radius 2 is 0.534 bits per heavy atom. The van der Waals surface area contributed by atoms with Crippen LogP contribution in [0, 0.1) is 0 Å². The van der Waals surface area contributed by atoms with E-state index in [0.29, 0.717) is 0 Å². The van der Waals surface area contributed by atoms with Crippen LogP contribution < -0.4 is 0 Å². The van der Waals surface area contributed by atoms with Gasteiger partial charge < -0.3 is 5.53 Å². The van der Waals surface area contributed by atoms with E-state index in [2.05, 4.69) is 76.2 Å². The molecule has 0 amide bonds. The Labute approximate surface area is 361 Å². The number of unbranched alkanes of at least 4 members (excludes halogenated alkanes) is 28. The van der Waals surface area contributed by atoms with Crippen molar-refractivity contribution >= 4 is 11.4 Å². The van der Waals surface area contributed by atoms with Crippen LogP contribution in [0.2, 0.25) is 0 Å². The second kappa shape index (κ2) is 33.3. The zero-order valence-corrected chi connectivity index (χ0v) is 39.0. The van der Waals surface area contributed by atoms with Crippen molar-refractivity contribution in [2.75, 3.05) is 0 Å². The molecule has 1 aliphatic heterocycles. The second-order valence-corrected chi connectivity index (χ2v) is 18.3. The molecule has 0 aliphatic carbocycles. The normalized spacial score (nSPS) is 13.1. The molecule has 0 saturated heterocycles. The van der Waals surface area contributed by atoms with Gasteiger partial charge in [-0.15, -0.1) is 0 Å². The van der Waals surface area contributed by atoms with Gasteiger partial charge >= 0.3 is 0 Å². The van der Waals surface area contributed by atoms with Crippen molar-refractivity contribution < 1.29 is 4.70 Å². The fraction of sp³-hybridized carbons (Fsp3) is 0.714. The Bertz CT molecular complexity index is 1380. The summed E-state index contributed by atoms with van der Waals surface area (Å²) in [5, 5.41) is 0. The van der Waals surface area contributed by atoms with E-state index in [1.54, 1.807) is 4.70 Å². The predicted molar refractivity (Wildman–Crippen MR) is 257 cm³/mol. The van der Waals surface area contributed by atoms with E-state index in [1.807, 2.05) is 0 Å². The highest BCUT2D eigenvalue weighted by molar-refractivity contribution is 5.82. The van der Waals surface area contributed by atoms with E-state index in [4.69, 9.17) is 0 Å². The van der Waals surface area contributed by atoms with Gasteiger partial charge in [0.25, 0.3) is 0 Å². The van der Waals surface area contributed by atoms with Gasteiger partial charge in [-0.3, -0.25) is 0 Å². The summed E-state index contributed by atoms with van der Waals surface area (Å²) in [7, 11) is 0. The lowest BCUT2D eigenvalue weighted by atomic mass is 9.91. The molecule has 2 aromatic carbocycles. The minimum atomic E-state index is 1.02. The molecule has 2 nitrogen and oxygen atoms in total. The minimum Gasteiger partial charge on any atom is -0.493 e. The standard InChI is InChI=1S/C56H92N2/c1-5-9-13-14-15-16-17-18-19-20-21-22-23-24-25-26-27-28-29-30-31-32-33-36-40-54-53(39-12-8-4)55(51-45-41-49(42-46-51)37-34-10-6-2)58(57)56(54)52-47-43-50(44-48-52)38-35-11-7-3/h41-48H,5-40H2,1-4H3. The fourth-order valence-electron chi connectivity index (χ4n) is 9.22. The third kappa shape index (κ3) is 20.2. The van der Waals surface area contributed by atoms with Gasteiger partial charge in [-0.1, -0.05) is 232 Å². The summed E-state index contributed by atoms with van der Waals surface area (Å²) in [6.07, 6.45) is 48.3. The molecular weight excluding hydrogens is 701 g/mol. The molecule has 2 aromatic rings. The highest BCUT2D eigenvalue weighted by Crippen LogP contribution is 2.44. The van der Waals surface area contributed by atoms with Crippen molar-refractivity contribution in [3.05, 3.63) is 87.5 Å². The van der Waals surface area contributed by atoms with E-state index < -0.39 is 0 Å². The van der Waals surface area contributed by atoms with Crippen molar-refractivity contribution in [1.82, 2.24) is 0 Å². The molecule has 0 fully saturated rings. The van der Waals surface area contributed by atoms with E-state index >= 15 is 0 Å². The number of hydrogen-bond donors (Lipinski definition) is 0. The zero-order valence-electron chi connectivity index (χ0n) is 39.0. The fourth-order valence-corrected chi connectivity index (χ4v) is 9.22. The molecule has 0 spiro atoms. The summed E-state index contributed by atoms with van der Waals surface area (Å²) < 4.78 is 1.58. The summed E-state index contributed by atoms with van der Waals surface area (Å²) in [5.74, 6) is 0. The summed E-state index contributed by atoms with van der Waals surface area (Å²) in [4.78, 5) is 0. The average Bonchev–Trinajstić information content (AvgIpc) is 3.52. The highest BCUT2D eigenvalue weighted by atomic mass is 15.2. The molecule has 58 heavy (non-hydrogen) atoms. The monoisotopic (exact) mass is 793 g/mol. The van der Waals surface area contributed by atoms with Crippen LogP contribution in [0.1, 0.15) is 268 Å². The first kappa shape index (κ1) is 49.9. The van der Waals surface area contributed by atoms with Gasteiger partial charge in [0.1, 0.15) is 0 Å². The topological polar surface area (TPSA) is 25.3 Å². The van der Waals surface area contributed by atoms with Crippen LogP contribution in [0.5, 0.6) is 0 Å². The first-order chi connectivity index (χ1) is 28.6.